The number of rotatable bonds is 2. The van der Waals surface area contributed by atoms with Crippen LogP contribution in [0.2, 0.25) is 0 Å². The van der Waals surface area contributed by atoms with Crippen LogP contribution in [0, 0.1) is 0 Å². The molecule has 1 N–H and O–H groups in total. The van der Waals surface area contributed by atoms with Gasteiger partial charge in [0.15, 0.2) is 0 Å². The smallest absolute Gasteiger partial charge is 0.126 e. The van der Waals surface area contributed by atoms with Gasteiger partial charge in [-0.1, -0.05) is 50.2 Å². The summed E-state index contributed by atoms with van der Waals surface area (Å²) in [6, 6.07) is 14.5. The Hall–Kier alpha value is -1.80. The standard InChI is InChI=1S/C20H24O2/c1-13(2)15-10-16(14-8-6-5-7-9-14)19-17(21)12-20(3,4)22-18(19)11-15/h5-11,13,17,21H,12H2,1-4H3/t17-/m0/s1. The first-order valence-electron chi connectivity index (χ1n) is 7.98. The number of hydrogen-bond acceptors (Lipinski definition) is 2. The molecule has 0 amide bonds. The van der Waals surface area contributed by atoms with Crippen LogP contribution in [0.3, 0.4) is 0 Å². The predicted octanol–water partition coefficient (Wildman–Crippen LogP) is 5.07. The van der Waals surface area contributed by atoms with Gasteiger partial charge in [-0.15, -0.1) is 0 Å². The summed E-state index contributed by atoms with van der Waals surface area (Å²) in [5.41, 5.74) is 4.04. The van der Waals surface area contributed by atoms with Gasteiger partial charge in [0.1, 0.15) is 11.4 Å². The molecule has 0 aliphatic carbocycles. The van der Waals surface area contributed by atoms with Crippen LogP contribution in [0.5, 0.6) is 5.75 Å². The molecule has 1 aliphatic rings. The lowest BCUT2D eigenvalue weighted by Crippen LogP contribution is -2.35. The second kappa shape index (κ2) is 5.44. The van der Waals surface area contributed by atoms with Crippen LogP contribution >= 0.6 is 0 Å². The SMILES string of the molecule is CC(C)c1cc2c(c(-c3ccccc3)c1)[C@@H](O)CC(C)(C)O2. The van der Waals surface area contributed by atoms with E-state index >= 15 is 0 Å². The number of hydrogen-bond donors (Lipinski definition) is 1. The van der Waals surface area contributed by atoms with Gasteiger partial charge < -0.3 is 9.84 Å². The van der Waals surface area contributed by atoms with E-state index in [1.54, 1.807) is 0 Å². The lowest BCUT2D eigenvalue weighted by Gasteiger charge is -2.37. The van der Waals surface area contributed by atoms with E-state index in [0.717, 1.165) is 22.4 Å². The van der Waals surface area contributed by atoms with Gasteiger partial charge >= 0.3 is 0 Å². The van der Waals surface area contributed by atoms with Crippen molar-refractivity contribution >= 4 is 0 Å². The molecule has 0 saturated carbocycles. The topological polar surface area (TPSA) is 29.5 Å². The fourth-order valence-corrected chi connectivity index (χ4v) is 3.17. The zero-order valence-corrected chi connectivity index (χ0v) is 13.8. The van der Waals surface area contributed by atoms with E-state index < -0.39 is 6.10 Å². The highest BCUT2D eigenvalue weighted by Gasteiger charge is 2.35. The van der Waals surface area contributed by atoms with E-state index in [1.807, 2.05) is 32.0 Å². The van der Waals surface area contributed by atoms with Crippen LogP contribution in [0.1, 0.15) is 57.3 Å². The summed E-state index contributed by atoms with van der Waals surface area (Å²) in [4.78, 5) is 0. The minimum absolute atomic E-state index is 0.337. The third kappa shape index (κ3) is 2.76. The summed E-state index contributed by atoms with van der Waals surface area (Å²) < 4.78 is 6.18. The molecule has 22 heavy (non-hydrogen) atoms. The largest absolute Gasteiger partial charge is 0.487 e. The molecule has 0 spiro atoms. The summed E-state index contributed by atoms with van der Waals surface area (Å²) in [7, 11) is 0. The van der Waals surface area contributed by atoms with Crippen molar-refractivity contribution in [3.05, 3.63) is 53.6 Å². The molecule has 1 aliphatic heterocycles. The lowest BCUT2D eigenvalue weighted by atomic mass is 9.84. The van der Waals surface area contributed by atoms with Crippen molar-refractivity contribution in [1.29, 1.82) is 0 Å². The Morgan fingerprint density at radius 3 is 2.45 bits per heavy atom. The molecule has 2 heteroatoms. The third-order valence-corrected chi connectivity index (χ3v) is 4.32. The van der Waals surface area contributed by atoms with Crippen molar-refractivity contribution in [2.45, 2.75) is 51.7 Å². The van der Waals surface area contributed by atoms with Gasteiger partial charge in [0.05, 0.1) is 6.10 Å². The van der Waals surface area contributed by atoms with E-state index in [9.17, 15) is 5.11 Å². The van der Waals surface area contributed by atoms with Crippen LogP contribution < -0.4 is 4.74 Å². The molecule has 0 saturated heterocycles. The summed E-state index contributed by atoms with van der Waals surface area (Å²) >= 11 is 0. The van der Waals surface area contributed by atoms with Crippen molar-refractivity contribution in [2.24, 2.45) is 0 Å². The van der Waals surface area contributed by atoms with E-state index in [1.165, 1.54) is 5.56 Å². The summed E-state index contributed by atoms with van der Waals surface area (Å²) in [6.45, 7) is 8.43. The molecule has 0 aromatic heterocycles. The Labute approximate surface area is 132 Å². The highest BCUT2D eigenvalue weighted by molar-refractivity contribution is 5.72. The number of ether oxygens (including phenoxy) is 1. The zero-order valence-electron chi connectivity index (χ0n) is 13.8. The summed E-state index contributed by atoms with van der Waals surface area (Å²) in [5.74, 6) is 1.24. The Kier molecular flexibility index (Phi) is 3.73. The van der Waals surface area contributed by atoms with Crippen molar-refractivity contribution in [2.75, 3.05) is 0 Å². The third-order valence-electron chi connectivity index (χ3n) is 4.32. The first-order valence-corrected chi connectivity index (χ1v) is 7.98. The van der Waals surface area contributed by atoms with E-state index in [4.69, 9.17) is 4.74 Å². The highest BCUT2D eigenvalue weighted by Crippen LogP contribution is 2.45. The van der Waals surface area contributed by atoms with Gasteiger partial charge in [-0.25, -0.2) is 0 Å². The van der Waals surface area contributed by atoms with Crippen molar-refractivity contribution in [3.63, 3.8) is 0 Å². The van der Waals surface area contributed by atoms with Crippen molar-refractivity contribution < 1.29 is 9.84 Å². The molecule has 0 fully saturated rings. The number of aliphatic hydroxyl groups excluding tert-OH is 1. The highest BCUT2D eigenvalue weighted by atomic mass is 16.5. The summed E-state index contributed by atoms with van der Waals surface area (Å²) in [6.07, 6.45) is 0.121. The molecule has 2 nitrogen and oxygen atoms in total. The second-order valence-corrected chi connectivity index (χ2v) is 7.08. The van der Waals surface area contributed by atoms with Gasteiger partial charge in [0, 0.05) is 12.0 Å². The second-order valence-electron chi connectivity index (χ2n) is 7.08. The maximum atomic E-state index is 10.7. The molecule has 0 unspecified atom stereocenters. The van der Waals surface area contributed by atoms with Gasteiger partial charge in [0.25, 0.3) is 0 Å². The average molecular weight is 296 g/mol. The molecule has 2 aromatic rings. The van der Waals surface area contributed by atoms with Crippen molar-refractivity contribution in [1.82, 2.24) is 0 Å². The van der Waals surface area contributed by atoms with Gasteiger partial charge in [0.2, 0.25) is 0 Å². The molecule has 0 bridgehead atoms. The maximum absolute atomic E-state index is 10.7. The van der Waals surface area contributed by atoms with Crippen LogP contribution in [0.25, 0.3) is 11.1 Å². The number of benzene rings is 2. The molecule has 2 aromatic carbocycles. The monoisotopic (exact) mass is 296 g/mol. The molecule has 1 heterocycles. The minimum Gasteiger partial charge on any atom is -0.487 e. The maximum Gasteiger partial charge on any atom is 0.126 e. The molecule has 3 rings (SSSR count). The van der Waals surface area contributed by atoms with Gasteiger partial charge in [-0.05, 0) is 42.5 Å². The Morgan fingerprint density at radius 2 is 1.82 bits per heavy atom. The van der Waals surface area contributed by atoms with E-state index in [-0.39, 0.29) is 5.60 Å². The Bertz CT molecular complexity index is 672. The van der Waals surface area contributed by atoms with Gasteiger partial charge in [-0.2, -0.15) is 0 Å². The fourth-order valence-electron chi connectivity index (χ4n) is 3.17. The Morgan fingerprint density at radius 1 is 1.14 bits per heavy atom. The molecular formula is C20H24O2. The number of aliphatic hydroxyl groups is 1. The van der Waals surface area contributed by atoms with Crippen molar-refractivity contribution in [3.8, 4) is 16.9 Å². The first kappa shape index (κ1) is 15.1. The molecular weight excluding hydrogens is 272 g/mol. The normalized spacial score (nSPS) is 19.6. The minimum atomic E-state index is -0.491. The predicted molar refractivity (Wildman–Crippen MR) is 90.3 cm³/mol. The fraction of sp³-hybridized carbons (Fsp3) is 0.400. The average Bonchev–Trinajstić information content (AvgIpc) is 2.45. The van der Waals surface area contributed by atoms with Crippen LogP contribution in [0.4, 0.5) is 0 Å². The zero-order chi connectivity index (χ0) is 15.9. The first-order chi connectivity index (χ1) is 10.4. The lowest BCUT2D eigenvalue weighted by molar-refractivity contribution is 0.0118. The van der Waals surface area contributed by atoms with E-state index in [2.05, 4.69) is 38.1 Å². The molecule has 0 radical (unpaired) electrons. The van der Waals surface area contributed by atoms with Gasteiger partial charge in [-0.3, -0.25) is 0 Å². The van der Waals surface area contributed by atoms with Crippen LogP contribution in [-0.2, 0) is 0 Å². The van der Waals surface area contributed by atoms with Crippen LogP contribution in [-0.4, -0.2) is 10.7 Å². The Balaban J connectivity index is 2.23. The van der Waals surface area contributed by atoms with E-state index in [0.29, 0.717) is 12.3 Å². The molecule has 1 atom stereocenters. The quantitative estimate of drug-likeness (QED) is 0.838. The number of fused-ring (bicyclic) bond motifs is 1. The molecule has 116 valence electrons. The summed E-state index contributed by atoms with van der Waals surface area (Å²) in [5, 5.41) is 10.7. The van der Waals surface area contributed by atoms with Crippen LogP contribution in [0.15, 0.2) is 42.5 Å².